The number of likely N-dealkylation sites (N-methyl/N-ethyl adjacent to an activating group) is 1. The molecule has 0 aromatic heterocycles. The van der Waals surface area contributed by atoms with Crippen LogP contribution in [0.15, 0.2) is 53.0 Å². The van der Waals surface area contributed by atoms with Crippen molar-refractivity contribution in [3.05, 3.63) is 69.7 Å². The van der Waals surface area contributed by atoms with Crippen molar-refractivity contribution in [3.63, 3.8) is 0 Å². The summed E-state index contributed by atoms with van der Waals surface area (Å²) in [6.45, 7) is 0.667. The third-order valence-corrected chi connectivity index (χ3v) is 8.92. The van der Waals surface area contributed by atoms with Crippen LogP contribution in [-0.2, 0) is 22.6 Å². The molecule has 43 heavy (non-hydrogen) atoms. The predicted octanol–water partition coefficient (Wildman–Crippen LogP) is 1.92. The number of carbonyl (C=O) groups is 3. The van der Waals surface area contributed by atoms with E-state index in [-0.39, 0.29) is 29.7 Å². The molecule has 1 amide bonds. The number of ketones is 2. The van der Waals surface area contributed by atoms with Crippen LogP contribution >= 0.6 is 0 Å². The quantitative estimate of drug-likeness (QED) is 0.314. The van der Waals surface area contributed by atoms with Crippen molar-refractivity contribution in [1.82, 2.24) is 9.80 Å². The Bertz CT molecular complexity index is 1620. The predicted molar refractivity (Wildman–Crippen MR) is 161 cm³/mol. The Morgan fingerprint density at radius 2 is 1.72 bits per heavy atom. The van der Waals surface area contributed by atoms with Crippen LogP contribution in [0.5, 0.6) is 5.75 Å². The molecule has 3 aliphatic carbocycles. The number of aliphatic hydroxyl groups excluding tert-OH is 2. The lowest BCUT2D eigenvalue weighted by atomic mass is 9.58. The van der Waals surface area contributed by atoms with Crippen LogP contribution in [0.3, 0.4) is 0 Å². The van der Waals surface area contributed by atoms with Crippen LogP contribution in [0.25, 0.3) is 11.1 Å². The zero-order valence-corrected chi connectivity index (χ0v) is 25.2. The van der Waals surface area contributed by atoms with Gasteiger partial charge >= 0.3 is 0 Å². The molecule has 0 heterocycles. The number of carbonyl (C=O) groups excluding carboxylic acids is 3. The maximum absolute atomic E-state index is 14.3. The van der Waals surface area contributed by atoms with Crippen molar-refractivity contribution in [1.29, 1.82) is 0 Å². The average molecular weight is 591 g/mol. The van der Waals surface area contributed by atoms with Crippen molar-refractivity contribution in [2.24, 2.45) is 17.6 Å². The van der Waals surface area contributed by atoms with Crippen LogP contribution in [-0.4, -0.2) is 102 Å². The van der Waals surface area contributed by atoms with E-state index in [0.717, 1.165) is 5.56 Å². The van der Waals surface area contributed by atoms with Crippen molar-refractivity contribution < 1.29 is 34.8 Å². The van der Waals surface area contributed by atoms with Gasteiger partial charge in [-0.15, -0.1) is 0 Å². The lowest BCUT2D eigenvalue weighted by Gasteiger charge is -2.50. The highest BCUT2D eigenvalue weighted by molar-refractivity contribution is 6.25. The summed E-state index contributed by atoms with van der Waals surface area (Å²) < 4.78 is 0. The van der Waals surface area contributed by atoms with Gasteiger partial charge in [-0.05, 0) is 75.8 Å². The van der Waals surface area contributed by atoms with Crippen molar-refractivity contribution >= 4 is 23.2 Å². The molecule has 228 valence electrons. The molecule has 0 unspecified atom stereocenters. The maximum Gasteiger partial charge on any atom is 0.255 e. The fourth-order valence-corrected chi connectivity index (χ4v) is 7.12. The lowest BCUT2D eigenvalue weighted by Crippen LogP contribution is -2.63. The number of Topliss-reactive ketones (excluding diaryl/α,β-unsaturated/α-hetero) is 2. The number of aliphatic hydroxyl groups is 3. The number of allylic oxidation sites excluding steroid dienone is 1. The summed E-state index contributed by atoms with van der Waals surface area (Å²) in [7, 11) is 10.8. The number of primary amides is 1. The van der Waals surface area contributed by atoms with Gasteiger partial charge in [-0.2, -0.15) is 0 Å². The third-order valence-electron chi connectivity index (χ3n) is 8.92. The Hall–Kier alpha value is -4.19. The van der Waals surface area contributed by atoms with Gasteiger partial charge in [0, 0.05) is 43.4 Å². The van der Waals surface area contributed by atoms with Crippen LogP contribution in [0.2, 0.25) is 0 Å². The summed E-state index contributed by atoms with van der Waals surface area (Å²) >= 11 is 0. The molecule has 4 atom stereocenters. The summed E-state index contributed by atoms with van der Waals surface area (Å²) in [4.78, 5) is 45.5. The Kier molecular flexibility index (Phi) is 7.40. The lowest BCUT2D eigenvalue weighted by molar-refractivity contribution is -0.148. The van der Waals surface area contributed by atoms with E-state index in [4.69, 9.17) is 5.73 Å². The van der Waals surface area contributed by atoms with E-state index < -0.39 is 58.0 Å². The fourth-order valence-electron chi connectivity index (χ4n) is 7.12. The second-order valence-electron chi connectivity index (χ2n) is 12.4. The highest BCUT2D eigenvalue weighted by atomic mass is 16.3. The number of nitrogens with zero attached hydrogens (tertiary/aromatic N) is 3. The van der Waals surface area contributed by atoms with Gasteiger partial charge in [-0.3, -0.25) is 19.3 Å². The van der Waals surface area contributed by atoms with Crippen molar-refractivity contribution in [2.45, 2.75) is 31.0 Å². The first kappa shape index (κ1) is 30.3. The van der Waals surface area contributed by atoms with E-state index in [1.165, 1.54) is 4.90 Å². The maximum atomic E-state index is 14.3. The third kappa shape index (κ3) is 4.50. The zero-order chi connectivity index (χ0) is 31.7. The Labute approximate surface area is 250 Å². The molecule has 11 nitrogen and oxygen atoms in total. The van der Waals surface area contributed by atoms with E-state index in [2.05, 4.69) is 0 Å². The SMILES string of the molecule is CN(C)Cc1cccc(-c2cc(N(C)C)c3c(c2O)C(=O)C2=C(O)[C@@]4(O)C(=O)C(C(N)=O)=C(O)[C@H](N(C)C)[C@@H]4C[C@H]2C3)c1. The Morgan fingerprint density at radius 1 is 1.05 bits per heavy atom. The Balaban J connectivity index is 1.73. The molecular formula is C32H38N4O7. The van der Waals surface area contributed by atoms with Gasteiger partial charge in [-0.1, -0.05) is 18.2 Å². The molecule has 2 aromatic carbocycles. The highest BCUT2D eigenvalue weighted by Crippen LogP contribution is 2.54. The number of amides is 1. The first-order chi connectivity index (χ1) is 20.1. The number of phenols is 1. The number of aromatic hydroxyl groups is 1. The van der Waals surface area contributed by atoms with Gasteiger partial charge in [-0.25, -0.2) is 0 Å². The molecule has 2 aromatic rings. The first-order valence-electron chi connectivity index (χ1n) is 14.1. The van der Waals surface area contributed by atoms with E-state index in [1.807, 2.05) is 68.3 Å². The summed E-state index contributed by atoms with van der Waals surface area (Å²) in [5.41, 5.74) is 5.13. The van der Waals surface area contributed by atoms with E-state index in [0.29, 0.717) is 28.9 Å². The van der Waals surface area contributed by atoms with E-state index in [9.17, 15) is 34.8 Å². The summed E-state index contributed by atoms with van der Waals surface area (Å²) in [6, 6.07) is 8.42. The number of anilines is 1. The molecule has 3 aliphatic rings. The molecule has 5 rings (SSSR count). The van der Waals surface area contributed by atoms with Crippen LogP contribution in [0, 0.1) is 11.8 Å². The monoisotopic (exact) mass is 590 g/mol. The molecule has 0 bridgehead atoms. The number of nitrogens with two attached hydrogens (primary N) is 1. The second-order valence-corrected chi connectivity index (χ2v) is 12.4. The van der Waals surface area contributed by atoms with Gasteiger partial charge in [0.15, 0.2) is 11.4 Å². The molecule has 0 fully saturated rings. The van der Waals surface area contributed by atoms with Crippen LogP contribution < -0.4 is 10.6 Å². The topological polar surface area (TPSA) is 168 Å². The highest BCUT2D eigenvalue weighted by Gasteiger charge is 2.63. The Morgan fingerprint density at radius 3 is 2.30 bits per heavy atom. The van der Waals surface area contributed by atoms with Crippen molar-refractivity contribution in [2.75, 3.05) is 47.2 Å². The number of hydrogen-bond donors (Lipinski definition) is 5. The molecule has 0 spiro atoms. The molecule has 0 radical (unpaired) electrons. The van der Waals surface area contributed by atoms with Gasteiger partial charge in [0.05, 0.1) is 11.6 Å². The van der Waals surface area contributed by atoms with Gasteiger partial charge in [0.2, 0.25) is 5.78 Å². The summed E-state index contributed by atoms with van der Waals surface area (Å²) in [5.74, 6) is -6.68. The number of phenolic OH excluding ortho intramolecular Hbond substituents is 1. The van der Waals surface area contributed by atoms with E-state index >= 15 is 0 Å². The fraction of sp³-hybridized carbons (Fsp3) is 0.406. The minimum absolute atomic E-state index is 0.0139. The smallest absolute Gasteiger partial charge is 0.255 e. The van der Waals surface area contributed by atoms with E-state index in [1.54, 1.807) is 14.1 Å². The molecule has 11 heteroatoms. The minimum atomic E-state index is -2.68. The minimum Gasteiger partial charge on any atom is -0.510 e. The average Bonchev–Trinajstić information content (AvgIpc) is 2.90. The molecule has 6 N–H and O–H groups in total. The van der Waals surface area contributed by atoms with Crippen LogP contribution in [0.4, 0.5) is 5.69 Å². The standard InChI is InChI=1S/C32H38N4O7/c1-34(2)14-15-8-7-9-16(10-15)18-13-21(35(3)4)19-11-17-12-20-25(36(5)6)28(39)24(31(33)42)30(41)32(20,43)29(40)22(17)27(38)23(19)26(18)37/h7-10,13,17,20,25,37,39-40,43H,11-12,14H2,1-6H3,(H2,33,42)/t17-,20+,25-,32-/m1/s1. The number of hydrogen-bond acceptors (Lipinski definition) is 10. The molecule has 0 aliphatic heterocycles. The largest absolute Gasteiger partial charge is 0.510 e. The van der Waals surface area contributed by atoms with Crippen molar-refractivity contribution in [3.8, 4) is 16.9 Å². The van der Waals surface area contributed by atoms with Gasteiger partial charge < -0.3 is 36.0 Å². The summed E-state index contributed by atoms with van der Waals surface area (Å²) in [6.07, 6.45) is 0.254. The van der Waals surface area contributed by atoms with Gasteiger partial charge in [0.1, 0.15) is 22.8 Å². The molecule has 0 saturated carbocycles. The number of fused-ring (bicyclic) bond motifs is 3. The number of rotatable bonds is 6. The second kappa shape index (κ2) is 10.5. The molecular weight excluding hydrogens is 552 g/mol. The summed E-state index contributed by atoms with van der Waals surface area (Å²) in [5, 5.41) is 46.1. The molecule has 0 saturated heterocycles. The first-order valence-corrected chi connectivity index (χ1v) is 14.1. The zero-order valence-electron chi connectivity index (χ0n) is 25.2. The van der Waals surface area contributed by atoms with Gasteiger partial charge in [0.25, 0.3) is 5.91 Å². The van der Waals surface area contributed by atoms with Crippen LogP contribution in [0.1, 0.15) is 27.9 Å². The number of benzene rings is 2. The normalized spacial score (nSPS) is 25.2.